The van der Waals surface area contributed by atoms with Crippen molar-refractivity contribution >= 4 is 34.1 Å². The summed E-state index contributed by atoms with van der Waals surface area (Å²) in [6.45, 7) is 8.64. The van der Waals surface area contributed by atoms with Crippen LogP contribution in [-0.4, -0.2) is 0 Å². The molecule has 0 atom stereocenters. The molecule has 51 heavy (non-hydrogen) atoms. The summed E-state index contributed by atoms with van der Waals surface area (Å²) in [5.74, 6) is 0. The molecule has 0 aliphatic heterocycles. The average Bonchev–Trinajstić information content (AvgIpc) is 3.22. The van der Waals surface area contributed by atoms with Gasteiger partial charge >= 0.3 is 0 Å². The smallest absolute Gasteiger partial charge is 0.143 e. The van der Waals surface area contributed by atoms with Gasteiger partial charge in [0.15, 0.2) is 0 Å². The van der Waals surface area contributed by atoms with Crippen molar-refractivity contribution in [3.8, 4) is 0 Å². The van der Waals surface area contributed by atoms with Gasteiger partial charge in [-0.05, 0) is 54.8 Å². The molecule has 0 aliphatic rings. The summed E-state index contributed by atoms with van der Waals surface area (Å²) in [6.07, 6.45) is 3.01. The zero-order chi connectivity index (χ0) is 36.0. The Balaban J connectivity index is 1.35. The normalized spacial score (nSPS) is 12.4. The number of hydrogen-bond acceptors (Lipinski definition) is 3. The number of quaternary nitrogens is 2. The molecule has 6 aromatic carbocycles. The van der Waals surface area contributed by atoms with Gasteiger partial charge in [0.25, 0.3) is 0 Å². The molecule has 0 saturated heterocycles. The predicted octanol–water partition coefficient (Wildman–Crippen LogP) is 13.1. The van der Waals surface area contributed by atoms with E-state index in [0.717, 1.165) is 29.7 Å². The fourth-order valence-electron chi connectivity index (χ4n) is 7.97. The Kier molecular flexibility index (Phi) is 10.6. The molecule has 6 aromatic rings. The van der Waals surface area contributed by atoms with Crippen molar-refractivity contribution in [2.75, 3.05) is 5.32 Å². The maximum atomic E-state index is 15.6. The van der Waals surface area contributed by atoms with E-state index in [4.69, 9.17) is 0 Å². The van der Waals surface area contributed by atoms with E-state index in [2.05, 4.69) is 69.4 Å². The van der Waals surface area contributed by atoms with Crippen molar-refractivity contribution in [3.63, 3.8) is 0 Å². The topological polar surface area (TPSA) is 58.1 Å². The third-order valence-electron chi connectivity index (χ3n) is 11.0. The molecule has 0 bridgehead atoms. The number of nitrogens with one attached hydrogen (secondary N) is 1. The van der Waals surface area contributed by atoms with Gasteiger partial charge in [0, 0.05) is 60.5 Å². The SMILES string of the molecule is CCC(CC)(Nc1ccc(C(CC)(CC)[N+]([O-])(c2ccccc2)c2ccccc2)cc1)c1ccc([N+]([O-])(c2ccccc2)c2ccccc2)cc1. The van der Waals surface area contributed by atoms with Gasteiger partial charge in [0.2, 0.25) is 0 Å². The molecule has 0 saturated carbocycles. The number of hydroxylamine groups is 1. The van der Waals surface area contributed by atoms with Crippen LogP contribution in [0.5, 0.6) is 0 Å². The molecule has 0 amide bonds. The largest absolute Gasteiger partial charge is 0.621 e. The van der Waals surface area contributed by atoms with Crippen molar-refractivity contribution in [2.24, 2.45) is 0 Å². The lowest BCUT2D eigenvalue weighted by molar-refractivity contribution is 0.197. The summed E-state index contributed by atoms with van der Waals surface area (Å²) in [6, 6.07) is 55.3. The Labute approximate surface area is 303 Å². The Morgan fingerprint density at radius 1 is 0.412 bits per heavy atom. The summed E-state index contributed by atoms with van der Waals surface area (Å²) < 4.78 is -1.25. The van der Waals surface area contributed by atoms with E-state index in [1.165, 1.54) is 0 Å². The van der Waals surface area contributed by atoms with E-state index in [9.17, 15) is 5.21 Å². The summed E-state index contributed by atoms with van der Waals surface area (Å²) in [7, 11) is 0. The molecule has 0 unspecified atom stereocenters. The van der Waals surface area contributed by atoms with Crippen LogP contribution in [0.4, 0.5) is 34.1 Å². The maximum absolute atomic E-state index is 15.6. The third-order valence-corrected chi connectivity index (χ3v) is 11.0. The second-order valence-corrected chi connectivity index (χ2v) is 13.3. The van der Waals surface area contributed by atoms with Crippen LogP contribution in [0.25, 0.3) is 0 Å². The van der Waals surface area contributed by atoms with Gasteiger partial charge < -0.3 is 15.7 Å². The number of benzene rings is 6. The van der Waals surface area contributed by atoms with Gasteiger partial charge in [0.05, 0.1) is 5.54 Å². The standard InChI is InChI=1S/C46H49N3O2/c1-5-45(6-2,37-31-35-42(36-32-37)48(50,40-21-13-9-14-22-40)41-23-15-10-16-24-41)47-39-33-29-38(30-34-39)46(7-3,8-4)49(51,43-25-17-11-18-26-43)44-27-19-12-20-28-44/h9-36,47H,5-8H2,1-4H3. The van der Waals surface area contributed by atoms with Crippen LogP contribution in [0.1, 0.15) is 64.5 Å². The summed E-state index contributed by atoms with van der Waals surface area (Å²) >= 11 is 0. The summed E-state index contributed by atoms with van der Waals surface area (Å²) in [5.41, 5.74) is 5.39. The highest BCUT2D eigenvalue weighted by molar-refractivity contribution is 5.72. The van der Waals surface area contributed by atoms with E-state index in [-0.39, 0.29) is 5.54 Å². The Morgan fingerprint density at radius 2 is 0.765 bits per heavy atom. The number of rotatable bonds is 14. The molecule has 0 aliphatic carbocycles. The lowest BCUT2D eigenvalue weighted by atomic mass is 9.80. The van der Waals surface area contributed by atoms with Crippen LogP contribution >= 0.6 is 0 Å². The molecule has 1 N–H and O–H groups in total. The van der Waals surface area contributed by atoms with Crippen molar-refractivity contribution in [2.45, 2.75) is 64.5 Å². The van der Waals surface area contributed by atoms with E-state index < -0.39 is 14.8 Å². The molecule has 0 aromatic heterocycles. The van der Waals surface area contributed by atoms with Gasteiger partial charge in [-0.25, -0.2) is 0 Å². The quantitative estimate of drug-likeness (QED) is 0.0923. The van der Waals surface area contributed by atoms with Crippen LogP contribution in [0.3, 0.4) is 0 Å². The first-order chi connectivity index (χ1) is 24.8. The van der Waals surface area contributed by atoms with Crippen LogP contribution in [0.15, 0.2) is 170 Å². The van der Waals surface area contributed by atoms with Gasteiger partial charge in [-0.2, -0.15) is 0 Å². The number of hydrogen-bond donors (Lipinski definition) is 1. The molecule has 0 radical (unpaired) electrons. The molecule has 5 nitrogen and oxygen atoms in total. The summed E-state index contributed by atoms with van der Waals surface area (Å²) in [5, 5.41) is 34.2. The van der Waals surface area contributed by atoms with E-state index in [1.807, 2.05) is 133 Å². The minimum Gasteiger partial charge on any atom is -0.621 e. The maximum Gasteiger partial charge on any atom is 0.143 e. The van der Waals surface area contributed by atoms with Crippen LogP contribution in [0, 0.1) is 10.4 Å². The average molecular weight is 676 g/mol. The van der Waals surface area contributed by atoms with Crippen molar-refractivity contribution < 1.29 is 0 Å². The molecule has 260 valence electrons. The van der Waals surface area contributed by atoms with Crippen LogP contribution in [-0.2, 0) is 11.1 Å². The minimum atomic E-state index is -0.746. The van der Waals surface area contributed by atoms with Gasteiger partial charge in [0.1, 0.15) is 34.0 Å². The van der Waals surface area contributed by atoms with Crippen molar-refractivity contribution in [3.05, 3.63) is 191 Å². The fraction of sp³-hybridized carbons (Fsp3) is 0.217. The lowest BCUT2D eigenvalue weighted by Gasteiger charge is -2.56. The number of para-hydroxylation sites is 4. The second kappa shape index (κ2) is 15.1. The third kappa shape index (κ3) is 6.28. The van der Waals surface area contributed by atoms with Gasteiger partial charge in [-0.3, -0.25) is 9.29 Å². The highest BCUT2D eigenvalue weighted by atomic mass is 16.6. The molecular formula is C46H49N3O2. The Bertz CT molecular complexity index is 1880. The van der Waals surface area contributed by atoms with Crippen LogP contribution in [0.2, 0.25) is 0 Å². The fourth-order valence-corrected chi connectivity index (χ4v) is 7.97. The first-order valence-electron chi connectivity index (χ1n) is 18.2. The summed E-state index contributed by atoms with van der Waals surface area (Å²) in [4.78, 5) is 0. The zero-order valence-electron chi connectivity index (χ0n) is 30.2. The zero-order valence-corrected chi connectivity index (χ0v) is 30.2. The van der Waals surface area contributed by atoms with Crippen molar-refractivity contribution in [1.29, 1.82) is 0 Å². The van der Waals surface area contributed by atoms with E-state index >= 15 is 5.21 Å². The Hall–Kier alpha value is -5.04. The molecule has 0 fully saturated rings. The van der Waals surface area contributed by atoms with E-state index in [0.29, 0.717) is 41.3 Å². The second-order valence-electron chi connectivity index (χ2n) is 13.3. The first kappa shape index (κ1) is 35.8. The lowest BCUT2D eigenvalue weighted by Crippen LogP contribution is -2.56. The molecular weight excluding hydrogens is 627 g/mol. The molecule has 0 spiro atoms. The highest BCUT2D eigenvalue weighted by Crippen LogP contribution is 2.51. The predicted molar refractivity (Wildman–Crippen MR) is 216 cm³/mol. The van der Waals surface area contributed by atoms with Gasteiger partial charge in [-0.1, -0.05) is 125 Å². The number of nitrogens with zero attached hydrogens (tertiary/aromatic N) is 2. The number of anilines is 1. The molecule has 0 heterocycles. The first-order valence-corrected chi connectivity index (χ1v) is 18.2. The van der Waals surface area contributed by atoms with Gasteiger partial charge in [-0.15, -0.1) is 0 Å². The minimum absolute atomic E-state index is 0.364. The molecule has 6 rings (SSSR count). The van der Waals surface area contributed by atoms with E-state index in [1.54, 1.807) is 0 Å². The Morgan fingerprint density at radius 3 is 1.14 bits per heavy atom. The monoisotopic (exact) mass is 675 g/mol. The van der Waals surface area contributed by atoms with Crippen molar-refractivity contribution in [1.82, 2.24) is 9.29 Å². The molecule has 5 heteroatoms. The highest BCUT2D eigenvalue weighted by Gasteiger charge is 2.47. The van der Waals surface area contributed by atoms with Crippen LogP contribution < -0.4 is 14.6 Å².